The van der Waals surface area contributed by atoms with Crippen molar-refractivity contribution in [3.05, 3.63) is 22.7 Å². The van der Waals surface area contributed by atoms with Crippen molar-refractivity contribution in [2.24, 2.45) is 0 Å². The van der Waals surface area contributed by atoms with Gasteiger partial charge in [0.2, 0.25) is 10.0 Å². The minimum Gasteiger partial charge on any atom is -0.397 e. The summed E-state index contributed by atoms with van der Waals surface area (Å²) < 4.78 is 26.9. The van der Waals surface area contributed by atoms with Crippen LogP contribution in [0.1, 0.15) is 18.9 Å². The van der Waals surface area contributed by atoms with Gasteiger partial charge in [0.05, 0.1) is 34.4 Å². The van der Waals surface area contributed by atoms with Gasteiger partial charge in [0.1, 0.15) is 0 Å². The number of aliphatic hydroxyl groups excluding tert-OH is 2. The maximum absolute atomic E-state index is 12.3. The molecule has 0 saturated carbocycles. The van der Waals surface area contributed by atoms with E-state index in [9.17, 15) is 18.6 Å². The Kier molecular flexibility index (Phi) is 5.39. The van der Waals surface area contributed by atoms with E-state index >= 15 is 0 Å². The number of sulfonamides is 1. The second-order valence-electron chi connectivity index (χ2n) is 4.70. The first-order chi connectivity index (χ1) is 9.21. The summed E-state index contributed by atoms with van der Waals surface area (Å²) in [5, 5.41) is 18.9. The highest BCUT2D eigenvalue weighted by atomic mass is 35.5. The zero-order chi connectivity index (χ0) is 15.6. The summed E-state index contributed by atoms with van der Waals surface area (Å²) in [5.74, 6) is 0. The Bertz CT molecular complexity index is 554. The zero-order valence-electron chi connectivity index (χ0n) is 11.4. The van der Waals surface area contributed by atoms with E-state index in [2.05, 4.69) is 4.72 Å². The highest BCUT2D eigenvalue weighted by Gasteiger charge is 2.33. The molecule has 20 heavy (non-hydrogen) atoms. The lowest BCUT2D eigenvalue weighted by molar-refractivity contribution is 0.105. The highest BCUT2D eigenvalue weighted by Crippen LogP contribution is 2.27. The van der Waals surface area contributed by atoms with Crippen molar-refractivity contribution in [1.29, 1.82) is 0 Å². The Morgan fingerprint density at radius 3 is 2.30 bits per heavy atom. The predicted molar refractivity (Wildman–Crippen MR) is 78.1 cm³/mol. The molecule has 0 heterocycles. The van der Waals surface area contributed by atoms with Gasteiger partial charge >= 0.3 is 0 Å². The Balaban J connectivity index is 3.24. The minimum absolute atomic E-state index is 0.0587. The van der Waals surface area contributed by atoms with E-state index in [0.29, 0.717) is 10.6 Å². The number of halogens is 1. The Labute approximate surface area is 123 Å². The van der Waals surface area contributed by atoms with Gasteiger partial charge in [-0.05, 0) is 31.0 Å². The Hall–Kier alpha value is -0.860. The SMILES string of the molecule is CCC(CO)(CO)NS(=O)(=O)c1cc(C)c(Cl)c(N)c1. The molecule has 0 spiro atoms. The fraction of sp³-hybridized carbons (Fsp3) is 0.500. The fourth-order valence-corrected chi connectivity index (χ4v) is 3.36. The van der Waals surface area contributed by atoms with Crippen molar-refractivity contribution in [2.75, 3.05) is 18.9 Å². The molecular weight excluding hydrogens is 304 g/mol. The van der Waals surface area contributed by atoms with Gasteiger partial charge in [-0.2, -0.15) is 0 Å². The zero-order valence-corrected chi connectivity index (χ0v) is 12.9. The molecule has 1 aromatic rings. The molecule has 0 amide bonds. The number of aryl methyl sites for hydroxylation is 1. The average molecular weight is 323 g/mol. The van der Waals surface area contributed by atoms with E-state index in [-0.39, 0.29) is 17.0 Å². The number of anilines is 1. The predicted octanol–water partition coefficient (Wildman–Crippen LogP) is 0.642. The van der Waals surface area contributed by atoms with Gasteiger partial charge < -0.3 is 15.9 Å². The molecule has 0 aliphatic carbocycles. The van der Waals surface area contributed by atoms with Crippen molar-refractivity contribution in [2.45, 2.75) is 30.7 Å². The first-order valence-electron chi connectivity index (χ1n) is 6.02. The summed E-state index contributed by atoms with van der Waals surface area (Å²) in [5.41, 5.74) is 5.04. The lowest BCUT2D eigenvalue weighted by Gasteiger charge is -2.29. The summed E-state index contributed by atoms with van der Waals surface area (Å²) in [6, 6.07) is 2.63. The standard InChI is InChI=1S/C12H19ClN2O4S/c1-3-12(6-16,7-17)15-20(18,19)9-4-8(2)11(13)10(14)5-9/h4-5,15-17H,3,6-7,14H2,1-2H3. The van der Waals surface area contributed by atoms with Gasteiger partial charge in [0.25, 0.3) is 0 Å². The molecule has 6 nitrogen and oxygen atoms in total. The van der Waals surface area contributed by atoms with E-state index < -0.39 is 28.8 Å². The molecular formula is C12H19ClN2O4S. The number of hydrogen-bond donors (Lipinski definition) is 4. The molecule has 0 saturated heterocycles. The topological polar surface area (TPSA) is 113 Å². The second-order valence-corrected chi connectivity index (χ2v) is 6.76. The lowest BCUT2D eigenvalue weighted by Crippen LogP contribution is -2.53. The van der Waals surface area contributed by atoms with E-state index in [1.165, 1.54) is 12.1 Å². The van der Waals surface area contributed by atoms with E-state index in [1.807, 2.05) is 0 Å². The molecule has 0 unspecified atom stereocenters. The molecule has 5 N–H and O–H groups in total. The van der Waals surface area contributed by atoms with Crippen molar-refractivity contribution < 1.29 is 18.6 Å². The van der Waals surface area contributed by atoms with Gasteiger partial charge in [-0.25, -0.2) is 13.1 Å². The van der Waals surface area contributed by atoms with Crippen LogP contribution < -0.4 is 10.5 Å². The third kappa shape index (κ3) is 3.42. The van der Waals surface area contributed by atoms with Crippen molar-refractivity contribution in [1.82, 2.24) is 4.72 Å². The maximum Gasteiger partial charge on any atom is 0.241 e. The number of nitrogens with one attached hydrogen (secondary N) is 1. The summed E-state index contributed by atoms with van der Waals surface area (Å²) in [6.07, 6.45) is 0.237. The number of aliphatic hydroxyl groups is 2. The Morgan fingerprint density at radius 1 is 1.35 bits per heavy atom. The van der Waals surface area contributed by atoms with Crippen LogP contribution >= 0.6 is 11.6 Å². The molecule has 0 aromatic heterocycles. The largest absolute Gasteiger partial charge is 0.397 e. The molecule has 0 aliphatic rings. The van der Waals surface area contributed by atoms with Crippen LogP contribution in [-0.2, 0) is 10.0 Å². The van der Waals surface area contributed by atoms with E-state index in [4.69, 9.17) is 17.3 Å². The molecule has 1 rings (SSSR count). The van der Waals surface area contributed by atoms with Crippen LogP contribution in [0.3, 0.4) is 0 Å². The average Bonchev–Trinajstić information content (AvgIpc) is 2.41. The van der Waals surface area contributed by atoms with Gasteiger partial charge in [0, 0.05) is 0 Å². The highest BCUT2D eigenvalue weighted by molar-refractivity contribution is 7.89. The molecule has 0 radical (unpaired) electrons. The number of benzene rings is 1. The van der Waals surface area contributed by atoms with Crippen LogP contribution in [0.15, 0.2) is 17.0 Å². The molecule has 1 aromatic carbocycles. The Morgan fingerprint density at radius 2 is 1.90 bits per heavy atom. The lowest BCUT2D eigenvalue weighted by atomic mass is 10.0. The van der Waals surface area contributed by atoms with Gasteiger partial charge in [0.15, 0.2) is 0 Å². The number of hydrogen-bond acceptors (Lipinski definition) is 5. The number of nitrogen functional groups attached to an aromatic ring is 1. The van der Waals surface area contributed by atoms with Crippen LogP contribution in [0.25, 0.3) is 0 Å². The number of nitrogens with two attached hydrogens (primary N) is 1. The minimum atomic E-state index is -3.92. The first kappa shape index (κ1) is 17.2. The van der Waals surface area contributed by atoms with Crippen LogP contribution in [0.5, 0.6) is 0 Å². The normalized spacial score (nSPS) is 12.7. The molecule has 0 aliphatic heterocycles. The van der Waals surface area contributed by atoms with E-state index in [1.54, 1.807) is 13.8 Å². The second kappa shape index (κ2) is 6.28. The van der Waals surface area contributed by atoms with Crippen LogP contribution in [0.2, 0.25) is 5.02 Å². The van der Waals surface area contributed by atoms with Crippen LogP contribution in [-0.4, -0.2) is 37.4 Å². The molecule has 0 bridgehead atoms. The van der Waals surface area contributed by atoms with E-state index in [0.717, 1.165) is 0 Å². The summed E-state index contributed by atoms with van der Waals surface area (Å²) in [7, 11) is -3.92. The van der Waals surface area contributed by atoms with Crippen LogP contribution in [0, 0.1) is 6.92 Å². The van der Waals surface area contributed by atoms with Crippen LogP contribution in [0.4, 0.5) is 5.69 Å². The van der Waals surface area contributed by atoms with Gasteiger partial charge in [-0.3, -0.25) is 0 Å². The monoisotopic (exact) mass is 322 g/mol. The summed E-state index contributed by atoms with van der Waals surface area (Å²) >= 11 is 5.89. The summed E-state index contributed by atoms with van der Waals surface area (Å²) in [4.78, 5) is -0.0587. The fourth-order valence-electron chi connectivity index (χ4n) is 1.67. The van der Waals surface area contributed by atoms with Crippen molar-refractivity contribution in [3.63, 3.8) is 0 Å². The maximum atomic E-state index is 12.3. The molecule has 114 valence electrons. The molecule has 0 fully saturated rings. The molecule has 0 atom stereocenters. The first-order valence-corrected chi connectivity index (χ1v) is 7.89. The smallest absolute Gasteiger partial charge is 0.241 e. The third-order valence-corrected chi connectivity index (χ3v) is 5.27. The number of rotatable bonds is 6. The van der Waals surface area contributed by atoms with Gasteiger partial charge in [-0.15, -0.1) is 0 Å². The molecule has 8 heteroatoms. The van der Waals surface area contributed by atoms with Gasteiger partial charge in [-0.1, -0.05) is 18.5 Å². The third-order valence-electron chi connectivity index (χ3n) is 3.20. The van der Waals surface area contributed by atoms with Crippen molar-refractivity contribution >= 4 is 27.3 Å². The quantitative estimate of drug-likeness (QED) is 0.574. The summed E-state index contributed by atoms with van der Waals surface area (Å²) in [6.45, 7) is 2.28. The van der Waals surface area contributed by atoms with Crippen molar-refractivity contribution in [3.8, 4) is 0 Å².